The van der Waals surface area contributed by atoms with Crippen molar-refractivity contribution >= 4 is 17.1 Å². The van der Waals surface area contributed by atoms with Gasteiger partial charge in [0.1, 0.15) is 11.7 Å². The fourth-order valence-electron chi connectivity index (χ4n) is 5.79. The Morgan fingerprint density at radius 2 is 1.20 bits per heavy atom. The molecule has 0 aromatic heterocycles. The minimum absolute atomic E-state index is 0.00973. The van der Waals surface area contributed by atoms with Crippen molar-refractivity contribution in [2.75, 3.05) is 33.4 Å². The van der Waals surface area contributed by atoms with Crippen LogP contribution >= 0.6 is 0 Å². The van der Waals surface area contributed by atoms with Crippen molar-refractivity contribution in [3.8, 4) is 0 Å². The van der Waals surface area contributed by atoms with Gasteiger partial charge in [0.2, 0.25) is 0 Å². The van der Waals surface area contributed by atoms with Crippen molar-refractivity contribution in [3.63, 3.8) is 0 Å². The third-order valence-corrected chi connectivity index (χ3v) is 9.53. The third kappa shape index (κ3) is 6.31. The van der Waals surface area contributed by atoms with Crippen LogP contribution in [0.25, 0.3) is 0 Å². The first kappa shape index (κ1) is 28.1. The first-order valence-corrected chi connectivity index (χ1v) is 15.0. The largest absolute Gasteiger partial charge is 0.383 e. The molecule has 6 heteroatoms. The Hall–Kier alpha value is -3.42. The maximum atomic E-state index is 14.3. The van der Waals surface area contributed by atoms with Gasteiger partial charge >= 0.3 is 0 Å². The van der Waals surface area contributed by atoms with Crippen molar-refractivity contribution in [3.05, 3.63) is 144 Å². The molecule has 0 radical (unpaired) electrons. The highest BCUT2D eigenvalue weighted by atomic mass is 32.2. The molecule has 206 valence electrons. The van der Waals surface area contributed by atoms with Gasteiger partial charge < -0.3 is 9.53 Å². The Kier molecular flexibility index (Phi) is 9.68. The lowest BCUT2D eigenvalue weighted by molar-refractivity contribution is -0.111. The SMILES string of the molecule is COCC1CN(C(C=O)S(=O)C(c2ccccc2)c2ccccc2)CCN1C(c1ccccc1)c1ccccc1. The lowest BCUT2D eigenvalue weighted by Gasteiger charge is -2.46. The number of hydrogen-bond donors (Lipinski definition) is 0. The highest BCUT2D eigenvalue weighted by Gasteiger charge is 2.39. The highest BCUT2D eigenvalue weighted by molar-refractivity contribution is 7.86. The van der Waals surface area contributed by atoms with Gasteiger partial charge in [-0.1, -0.05) is 121 Å². The molecular weight excluding hydrogens is 516 g/mol. The molecule has 4 aromatic rings. The first-order chi connectivity index (χ1) is 19.7. The molecule has 5 rings (SSSR count). The van der Waals surface area contributed by atoms with Crippen LogP contribution in [0.15, 0.2) is 121 Å². The van der Waals surface area contributed by atoms with Gasteiger partial charge in [0.15, 0.2) is 0 Å². The molecule has 3 unspecified atom stereocenters. The van der Waals surface area contributed by atoms with E-state index in [-0.39, 0.29) is 12.1 Å². The van der Waals surface area contributed by atoms with Crippen molar-refractivity contribution in [2.45, 2.75) is 22.7 Å². The van der Waals surface area contributed by atoms with Crippen molar-refractivity contribution < 1.29 is 13.7 Å². The molecule has 0 N–H and O–H groups in total. The van der Waals surface area contributed by atoms with Crippen LogP contribution in [-0.2, 0) is 20.3 Å². The standard InChI is InChI=1S/C34H36N2O3S/c1-39-26-31-24-35(22-23-36(31)33(27-14-6-2-7-15-27)28-16-8-3-9-17-28)32(25-37)40(38)34(29-18-10-4-11-19-29)30-20-12-5-13-21-30/h2-21,25,31-34H,22-24,26H2,1H3. The minimum Gasteiger partial charge on any atom is -0.383 e. The van der Waals surface area contributed by atoms with E-state index in [9.17, 15) is 9.00 Å². The second-order valence-corrected chi connectivity index (χ2v) is 11.7. The summed E-state index contributed by atoms with van der Waals surface area (Å²) in [5.74, 6) is 0. The van der Waals surface area contributed by atoms with E-state index in [1.54, 1.807) is 7.11 Å². The predicted molar refractivity (Wildman–Crippen MR) is 161 cm³/mol. The summed E-state index contributed by atoms with van der Waals surface area (Å²) in [5, 5.41) is -1.14. The van der Waals surface area contributed by atoms with Crippen LogP contribution in [0.2, 0.25) is 0 Å². The molecule has 1 heterocycles. The topological polar surface area (TPSA) is 49.9 Å². The minimum atomic E-state index is -1.51. The summed E-state index contributed by atoms with van der Waals surface area (Å²) in [4.78, 5) is 17.2. The molecule has 3 atom stereocenters. The van der Waals surface area contributed by atoms with Gasteiger partial charge in [-0.3, -0.25) is 14.0 Å². The number of carbonyl (C=O) groups is 1. The van der Waals surface area contributed by atoms with E-state index >= 15 is 0 Å². The van der Waals surface area contributed by atoms with Crippen LogP contribution in [0.3, 0.4) is 0 Å². The molecule has 0 aliphatic carbocycles. The Morgan fingerprint density at radius 3 is 1.62 bits per heavy atom. The second kappa shape index (κ2) is 13.8. The Labute approximate surface area is 239 Å². The number of piperazine rings is 1. The number of aldehydes is 1. The monoisotopic (exact) mass is 552 g/mol. The normalized spacial score (nSPS) is 18.0. The van der Waals surface area contributed by atoms with E-state index in [2.05, 4.69) is 58.3 Å². The zero-order valence-electron chi connectivity index (χ0n) is 22.8. The van der Waals surface area contributed by atoms with Gasteiger partial charge in [-0.2, -0.15) is 0 Å². The maximum Gasteiger partial charge on any atom is 0.150 e. The molecule has 1 saturated heterocycles. The van der Waals surface area contributed by atoms with Crippen molar-refractivity contribution in [1.82, 2.24) is 9.80 Å². The van der Waals surface area contributed by atoms with Gasteiger partial charge in [0.25, 0.3) is 0 Å². The van der Waals surface area contributed by atoms with Crippen LogP contribution in [0, 0.1) is 0 Å². The van der Waals surface area contributed by atoms with Gasteiger partial charge in [-0.25, -0.2) is 0 Å². The third-order valence-electron chi connectivity index (χ3n) is 7.63. The fourth-order valence-corrected chi connectivity index (χ4v) is 7.52. The molecule has 0 saturated carbocycles. The summed E-state index contributed by atoms with van der Waals surface area (Å²) < 4.78 is 20.0. The summed E-state index contributed by atoms with van der Waals surface area (Å²) in [5.41, 5.74) is 4.32. The molecule has 4 aromatic carbocycles. The molecule has 40 heavy (non-hydrogen) atoms. The van der Waals surface area contributed by atoms with E-state index < -0.39 is 21.4 Å². The molecule has 0 bridgehead atoms. The van der Waals surface area contributed by atoms with Gasteiger partial charge in [0.05, 0.1) is 28.7 Å². The molecule has 1 aliphatic rings. The Morgan fingerprint density at radius 1 is 0.750 bits per heavy atom. The maximum absolute atomic E-state index is 14.3. The highest BCUT2D eigenvalue weighted by Crippen LogP contribution is 2.35. The number of methoxy groups -OCH3 is 1. The van der Waals surface area contributed by atoms with Gasteiger partial charge in [0, 0.05) is 32.8 Å². The molecular formula is C34H36N2O3S. The smallest absolute Gasteiger partial charge is 0.150 e. The van der Waals surface area contributed by atoms with Crippen LogP contribution in [0.4, 0.5) is 0 Å². The lowest BCUT2D eigenvalue weighted by atomic mass is 9.94. The lowest BCUT2D eigenvalue weighted by Crippen LogP contribution is -2.59. The summed E-state index contributed by atoms with van der Waals surface area (Å²) in [6.07, 6.45) is 0.875. The van der Waals surface area contributed by atoms with Crippen LogP contribution in [0.5, 0.6) is 0 Å². The van der Waals surface area contributed by atoms with Crippen LogP contribution in [-0.4, -0.2) is 65.1 Å². The van der Waals surface area contributed by atoms with Gasteiger partial charge in [-0.15, -0.1) is 0 Å². The van der Waals surface area contributed by atoms with Crippen LogP contribution < -0.4 is 0 Å². The molecule has 5 nitrogen and oxygen atoms in total. The molecule has 0 spiro atoms. The molecule has 0 amide bonds. The summed E-state index contributed by atoms with van der Waals surface area (Å²) in [6.45, 7) is 2.42. The average molecular weight is 553 g/mol. The van der Waals surface area contributed by atoms with Crippen LogP contribution in [0.1, 0.15) is 33.5 Å². The zero-order valence-corrected chi connectivity index (χ0v) is 23.6. The van der Waals surface area contributed by atoms with Gasteiger partial charge in [-0.05, 0) is 22.3 Å². The molecule has 1 fully saturated rings. The van der Waals surface area contributed by atoms with Crippen molar-refractivity contribution in [1.29, 1.82) is 0 Å². The van der Waals surface area contributed by atoms with E-state index in [1.807, 2.05) is 72.8 Å². The number of ether oxygens (including phenoxy) is 1. The number of nitrogens with zero attached hydrogens (tertiary/aromatic N) is 2. The number of rotatable bonds is 11. The summed E-state index contributed by atoms with van der Waals surface area (Å²) in [7, 11) is 0.206. The second-order valence-electron chi connectivity index (χ2n) is 10.1. The predicted octanol–water partition coefficient (Wildman–Crippen LogP) is 5.47. The zero-order chi connectivity index (χ0) is 27.7. The average Bonchev–Trinajstić information content (AvgIpc) is 3.01. The van der Waals surface area contributed by atoms with E-state index in [4.69, 9.17) is 4.74 Å². The Bertz CT molecular complexity index is 1280. The van der Waals surface area contributed by atoms with Crippen molar-refractivity contribution in [2.24, 2.45) is 0 Å². The summed E-state index contributed by atoms with van der Waals surface area (Å²) >= 11 is 0. The number of hydrogen-bond acceptors (Lipinski definition) is 5. The fraction of sp³-hybridized carbons (Fsp3) is 0.265. The number of carbonyl (C=O) groups excluding carboxylic acids is 1. The van der Waals surface area contributed by atoms with E-state index in [1.165, 1.54) is 11.1 Å². The van der Waals surface area contributed by atoms with E-state index in [0.717, 1.165) is 17.4 Å². The number of benzene rings is 4. The first-order valence-electron chi connectivity index (χ1n) is 13.7. The molecule has 1 aliphatic heterocycles. The quantitative estimate of drug-likeness (QED) is 0.231. The van der Waals surface area contributed by atoms with E-state index in [0.29, 0.717) is 26.2 Å². The Balaban J connectivity index is 1.44. The summed E-state index contributed by atoms with van der Waals surface area (Å²) in [6, 6.07) is 40.8.